The molecule has 0 saturated carbocycles. The molecule has 0 amide bonds. The zero-order valence-electron chi connectivity index (χ0n) is 15.1. The van der Waals surface area contributed by atoms with Crippen molar-refractivity contribution in [2.24, 2.45) is 0 Å². The Morgan fingerprint density at radius 2 is 1.78 bits per heavy atom. The second-order valence-electron chi connectivity index (χ2n) is 7.23. The summed E-state index contributed by atoms with van der Waals surface area (Å²) in [4.78, 5) is 7.32. The van der Waals surface area contributed by atoms with E-state index in [9.17, 15) is 0 Å². The van der Waals surface area contributed by atoms with E-state index in [1.807, 2.05) is 0 Å². The summed E-state index contributed by atoms with van der Waals surface area (Å²) in [6.07, 6.45) is 7.28. The lowest BCUT2D eigenvalue weighted by Crippen LogP contribution is -2.19. The van der Waals surface area contributed by atoms with Crippen molar-refractivity contribution in [3.8, 4) is 0 Å². The molecule has 0 aromatic carbocycles. The van der Waals surface area contributed by atoms with Gasteiger partial charge in [-0.25, -0.2) is 4.98 Å². The fourth-order valence-electron chi connectivity index (χ4n) is 3.79. The molecule has 126 valence electrons. The van der Waals surface area contributed by atoms with Crippen molar-refractivity contribution in [3.05, 3.63) is 22.5 Å². The lowest BCUT2D eigenvalue weighted by molar-refractivity contribution is 0.384. The number of hydrogen-bond acceptors (Lipinski definition) is 3. The molecule has 0 aliphatic heterocycles. The van der Waals surface area contributed by atoms with Crippen molar-refractivity contribution in [1.29, 1.82) is 0 Å². The zero-order valence-corrected chi connectivity index (χ0v) is 15.1. The first-order chi connectivity index (χ1) is 11.0. The third-order valence-electron chi connectivity index (χ3n) is 5.35. The Kier molecular flexibility index (Phi) is 4.62. The van der Waals surface area contributed by atoms with E-state index < -0.39 is 0 Å². The normalized spacial score (nSPS) is 15.7. The molecule has 3 rings (SSSR count). The molecule has 0 fully saturated rings. The first kappa shape index (κ1) is 16.3. The van der Waals surface area contributed by atoms with E-state index in [0.29, 0.717) is 0 Å². The van der Waals surface area contributed by atoms with E-state index in [1.165, 1.54) is 53.6 Å². The number of aromatic nitrogens is 2. The van der Waals surface area contributed by atoms with E-state index in [1.54, 1.807) is 0 Å². The second kappa shape index (κ2) is 6.52. The second-order valence-corrected chi connectivity index (χ2v) is 7.23. The molecule has 0 bridgehead atoms. The van der Waals surface area contributed by atoms with Gasteiger partial charge in [0.1, 0.15) is 5.65 Å². The quantitative estimate of drug-likeness (QED) is 0.944. The molecule has 2 aromatic heterocycles. The molecule has 4 nitrogen and oxygen atoms in total. The largest absolute Gasteiger partial charge is 0.398 e. The maximum absolute atomic E-state index is 6.64. The number of anilines is 1. The molecule has 0 radical (unpaired) electrons. The smallest absolute Gasteiger partial charge is 0.142 e. The van der Waals surface area contributed by atoms with Crippen molar-refractivity contribution in [2.75, 3.05) is 26.4 Å². The van der Waals surface area contributed by atoms with Crippen molar-refractivity contribution in [1.82, 2.24) is 14.5 Å². The number of fused-ring (bicyclic) bond motifs is 2. The molecule has 23 heavy (non-hydrogen) atoms. The van der Waals surface area contributed by atoms with Gasteiger partial charge in [0, 0.05) is 35.6 Å². The van der Waals surface area contributed by atoms with Crippen molar-refractivity contribution in [2.45, 2.75) is 58.9 Å². The van der Waals surface area contributed by atoms with Crippen LogP contribution in [-0.2, 0) is 19.4 Å². The summed E-state index contributed by atoms with van der Waals surface area (Å²) < 4.78 is 2.36. The number of pyridine rings is 1. The molecule has 2 N–H and O–H groups in total. The Balaban J connectivity index is 2.17. The number of nitrogens with zero attached hydrogens (tertiary/aromatic N) is 3. The van der Waals surface area contributed by atoms with Gasteiger partial charge in [0.15, 0.2) is 0 Å². The predicted octanol–water partition coefficient (Wildman–Crippen LogP) is 3.46. The molecular formula is C19H30N4. The van der Waals surface area contributed by atoms with Crippen LogP contribution in [0.4, 0.5) is 5.69 Å². The maximum atomic E-state index is 6.64. The van der Waals surface area contributed by atoms with Crippen LogP contribution in [0.5, 0.6) is 0 Å². The summed E-state index contributed by atoms with van der Waals surface area (Å²) in [5.41, 5.74) is 13.9. The molecular weight excluding hydrogens is 284 g/mol. The van der Waals surface area contributed by atoms with Gasteiger partial charge < -0.3 is 15.2 Å². The average molecular weight is 314 g/mol. The van der Waals surface area contributed by atoms with Gasteiger partial charge in [-0.15, -0.1) is 0 Å². The van der Waals surface area contributed by atoms with Crippen molar-refractivity contribution >= 4 is 16.7 Å². The first-order valence-electron chi connectivity index (χ1n) is 8.92. The van der Waals surface area contributed by atoms with Gasteiger partial charge in [0.25, 0.3) is 0 Å². The Labute approximate surface area is 139 Å². The SMILES string of the molecule is Cc1c(C)n(CCN(C)C)c2nc3c(c(N)c12)CCCCCC3. The number of nitrogen functional groups attached to an aromatic ring is 1. The summed E-state index contributed by atoms with van der Waals surface area (Å²) >= 11 is 0. The van der Waals surface area contributed by atoms with Gasteiger partial charge in [-0.2, -0.15) is 0 Å². The van der Waals surface area contributed by atoms with E-state index in [0.717, 1.165) is 37.3 Å². The van der Waals surface area contributed by atoms with Crippen LogP contribution in [0, 0.1) is 13.8 Å². The number of rotatable bonds is 3. The minimum atomic E-state index is 0.967. The summed E-state index contributed by atoms with van der Waals surface area (Å²) in [6.45, 7) is 6.37. The molecule has 4 heteroatoms. The predicted molar refractivity (Wildman–Crippen MR) is 98.0 cm³/mol. The molecule has 2 heterocycles. The lowest BCUT2D eigenvalue weighted by atomic mass is 9.94. The minimum absolute atomic E-state index is 0.967. The highest BCUT2D eigenvalue weighted by Crippen LogP contribution is 2.34. The van der Waals surface area contributed by atoms with Gasteiger partial charge in [-0.3, -0.25) is 0 Å². The van der Waals surface area contributed by atoms with E-state index in [2.05, 4.69) is 37.4 Å². The number of aryl methyl sites for hydroxylation is 2. The van der Waals surface area contributed by atoms with Crippen molar-refractivity contribution in [3.63, 3.8) is 0 Å². The number of likely N-dealkylation sites (N-methyl/N-ethyl adjacent to an activating group) is 1. The van der Waals surface area contributed by atoms with Gasteiger partial charge in [0.2, 0.25) is 0 Å². The topological polar surface area (TPSA) is 47.1 Å². The highest BCUT2D eigenvalue weighted by atomic mass is 15.1. The number of hydrogen-bond donors (Lipinski definition) is 1. The summed E-state index contributed by atoms with van der Waals surface area (Å²) in [5, 5.41) is 1.19. The van der Waals surface area contributed by atoms with E-state index >= 15 is 0 Å². The van der Waals surface area contributed by atoms with E-state index in [4.69, 9.17) is 10.7 Å². The summed E-state index contributed by atoms with van der Waals surface area (Å²) in [7, 11) is 4.23. The van der Waals surface area contributed by atoms with Gasteiger partial charge in [-0.05, 0) is 64.8 Å². The molecule has 2 aromatic rings. The van der Waals surface area contributed by atoms with Gasteiger partial charge in [-0.1, -0.05) is 12.8 Å². The molecule has 0 saturated heterocycles. The number of nitrogens with two attached hydrogens (primary N) is 1. The van der Waals surface area contributed by atoms with Gasteiger partial charge >= 0.3 is 0 Å². The maximum Gasteiger partial charge on any atom is 0.142 e. The van der Waals surface area contributed by atoms with Gasteiger partial charge in [0.05, 0.1) is 0 Å². The zero-order chi connectivity index (χ0) is 16.6. The van der Waals surface area contributed by atoms with Crippen LogP contribution < -0.4 is 5.73 Å². The fourth-order valence-corrected chi connectivity index (χ4v) is 3.79. The van der Waals surface area contributed by atoms with Crippen LogP contribution in [0.1, 0.15) is 48.2 Å². The average Bonchev–Trinajstić information content (AvgIpc) is 2.71. The van der Waals surface area contributed by atoms with Crippen LogP contribution >= 0.6 is 0 Å². The van der Waals surface area contributed by atoms with Crippen LogP contribution in [0.25, 0.3) is 11.0 Å². The summed E-state index contributed by atoms with van der Waals surface area (Å²) in [6, 6.07) is 0. The Hall–Kier alpha value is -1.55. The monoisotopic (exact) mass is 314 g/mol. The standard InChI is InChI=1S/C19H30N4/c1-13-14(2)23(12-11-22(3)4)19-17(13)18(20)15-9-7-5-6-8-10-16(15)21-19/h5-12H2,1-4H3,(H2,20,21). The summed E-state index contributed by atoms with van der Waals surface area (Å²) in [5.74, 6) is 0. The third-order valence-corrected chi connectivity index (χ3v) is 5.35. The molecule has 0 unspecified atom stereocenters. The third kappa shape index (κ3) is 2.97. The van der Waals surface area contributed by atoms with Crippen LogP contribution in [0.15, 0.2) is 0 Å². The highest BCUT2D eigenvalue weighted by Gasteiger charge is 2.20. The van der Waals surface area contributed by atoms with Crippen molar-refractivity contribution < 1.29 is 0 Å². The van der Waals surface area contributed by atoms with Crippen LogP contribution in [0.2, 0.25) is 0 Å². The van der Waals surface area contributed by atoms with Crippen LogP contribution in [0.3, 0.4) is 0 Å². The molecule has 1 aliphatic rings. The first-order valence-corrected chi connectivity index (χ1v) is 8.92. The minimum Gasteiger partial charge on any atom is -0.398 e. The Morgan fingerprint density at radius 1 is 1.09 bits per heavy atom. The lowest BCUT2D eigenvalue weighted by Gasteiger charge is -2.17. The molecule has 0 spiro atoms. The highest BCUT2D eigenvalue weighted by molar-refractivity contribution is 5.95. The Bertz CT molecular complexity index is 712. The molecule has 0 atom stereocenters. The molecule has 1 aliphatic carbocycles. The van der Waals surface area contributed by atoms with E-state index in [-0.39, 0.29) is 0 Å². The fraction of sp³-hybridized carbons (Fsp3) is 0.632. The van der Waals surface area contributed by atoms with Crippen LogP contribution in [-0.4, -0.2) is 35.1 Å². The Morgan fingerprint density at radius 3 is 2.48 bits per heavy atom.